The number of hydrogen-bond acceptors (Lipinski definition) is 4. The first kappa shape index (κ1) is 13.8. The lowest BCUT2D eigenvalue weighted by Gasteiger charge is -2.25. The molecular weight excluding hydrogens is 387 g/mol. The van der Waals surface area contributed by atoms with Crippen LogP contribution in [0.25, 0.3) is 0 Å². The monoisotopic (exact) mass is 400 g/mol. The van der Waals surface area contributed by atoms with Crippen LogP contribution in [0.1, 0.15) is 29.3 Å². The highest BCUT2D eigenvalue weighted by Gasteiger charge is 2.22. The summed E-state index contributed by atoms with van der Waals surface area (Å²) in [6, 6.07) is 7.48. The first-order valence-electron chi connectivity index (χ1n) is 6.42. The molecule has 1 unspecified atom stereocenters. The summed E-state index contributed by atoms with van der Waals surface area (Å²) in [5.41, 5.74) is 2.50. The minimum atomic E-state index is -0.358. The lowest BCUT2D eigenvalue weighted by Crippen LogP contribution is -2.16. The molecule has 20 heavy (non-hydrogen) atoms. The van der Waals surface area contributed by atoms with Crippen molar-refractivity contribution in [2.45, 2.75) is 25.3 Å². The molecule has 1 aliphatic rings. The largest absolute Gasteiger partial charge is 0.377 e. The Morgan fingerprint density at radius 3 is 3.00 bits per heavy atom. The minimum absolute atomic E-state index is 0.139. The predicted octanol–water partition coefficient (Wildman–Crippen LogP) is 4.75. The summed E-state index contributed by atoms with van der Waals surface area (Å²) in [7, 11) is 0. The molecule has 0 fully saturated rings. The summed E-state index contributed by atoms with van der Waals surface area (Å²) in [4.78, 5) is 11.9. The van der Waals surface area contributed by atoms with Crippen molar-refractivity contribution in [2.75, 3.05) is 5.32 Å². The van der Waals surface area contributed by atoms with E-state index in [1.165, 1.54) is 23.3 Å². The SMILES string of the molecule is O=[N+]([O-])c1ccc(NC2CCCc3sccc32)c(I)c1. The highest BCUT2D eigenvalue weighted by molar-refractivity contribution is 14.1. The molecule has 0 saturated carbocycles. The molecule has 0 bridgehead atoms. The molecule has 6 heteroatoms. The van der Waals surface area contributed by atoms with Crippen molar-refractivity contribution in [3.05, 3.63) is 53.8 Å². The van der Waals surface area contributed by atoms with Crippen LogP contribution in [-0.2, 0) is 6.42 Å². The average Bonchev–Trinajstić information content (AvgIpc) is 2.90. The van der Waals surface area contributed by atoms with Crippen LogP contribution in [0.2, 0.25) is 0 Å². The van der Waals surface area contributed by atoms with Crippen LogP contribution in [0.3, 0.4) is 0 Å². The summed E-state index contributed by atoms with van der Waals surface area (Å²) >= 11 is 3.97. The Bertz CT molecular complexity index is 656. The second kappa shape index (κ2) is 5.69. The van der Waals surface area contributed by atoms with Gasteiger partial charge in [-0.15, -0.1) is 11.3 Å². The van der Waals surface area contributed by atoms with Gasteiger partial charge in [0.25, 0.3) is 5.69 Å². The number of rotatable bonds is 3. The Morgan fingerprint density at radius 1 is 1.40 bits per heavy atom. The number of non-ortho nitro benzene ring substituents is 1. The maximum atomic E-state index is 10.8. The van der Waals surface area contributed by atoms with Crippen LogP contribution in [-0.4, -0.2) is 4.92 Å². The van der Waals surface area contributed by atoms with Gasteiger partial charge in [0.15, 0.2) is 0 Å². The van der Waals surface area contributed by atoms with Gasteiger partial charge in [0.1, 0.15) is 0 Å². The number of aryl methyl sites for hydroxylation is 1. The number of halogens is 1. The summed E-state index contributed by atoms with van der Waals surface area (Å²) < 4.78 is 0.888. The molecule has 0 spiro atoms. The third kappa shape index (κ3) is 2.67. The van der Waals surface area contributed by atoms with Gasteiger partial charge in [-0.2, -0.15) is 0 Å². The molecule has 1 atom stereocenters. The lowest BCUT2D eigenvalue weighted by atomic mass is 9.94. The van der Waals surface area contributed by atoms with Gasteiger partial charge < -0.3 is 5.32 Å². The molecule has 0 amide bonds. The number of hydrogen-bond donors (Lipinski definition) is 1. The molecule has 1 aromatic heterocycles. The van der Waals surface area contributed by atoms with Gasteiger partial charge >= 0.3 is 0 Å². The van der Waals surface area contributed by atoms with Gasteiger partial charge in [-0.25, -0.2) is 0 Å². The van der Waals surface area contributed by atoms with Crippen molar-refractivity contribution in [2.24, 2.45) is 0 Å². The quantitative estimate of drug-likeness (QED) is 0.460. The number of benzene rings is 1. The number of nitrogens with zero attached hydrogens (tertiary/aromatic N) is 1. The van der Waals surface area contributed by atoms with Crippen LogP contribution in [0.5, 0.6) is 0 Å². The number of nitro benzene ring substituents is 1. The number of nitro groups is 1. The van der Waals surface area contributed by atoms with Crippen molar-refractivity contribution >= 4 is 45.3 Å². The van der Waals surface area contributed by atoms with Gasteiger partial charge in [-0.05, 0) is 64.9 Å². The molecule has 4 nitrogen and oxygen atoms in total. The van der Waals surface area contributed by atoms with E-state index in [1.807, 2.05) is 11.3 Å². The number of thiophene rings is 1. The Morgan fingerprint density at radius 2 is 2.25 bits per heavy atom. The maximum absolute atomic E-state index is 10.8. The predicted molar refractivity (Wildman–Crippen MR) is 89.4 cm³/mol. The van der Waals surface area contributed by atoms with Gasteiger partial charge in [-0.1, -0.05) is 0 Å². The molecule has 1 N–H and O–H groups in total. The first-order chi connectivity index (χ1) is 9.65. The number of nitrogens with one attached hydrogen (secondary N) is 1. The lowest BCUT2D eigenvalue weighted by molar-refractivity contribution is -0.384. The normalized spacial score (nSPS) is 17.6. The molecule has 0 saturated heterocycles. The minimum Gasteiger partial charge on any atom is -0.377 e. The second-order valence-electron chi connectivity index (χ2n) is 4.81. The molecule has 2 aromatic rings. The van der Waals surface area contributed by atoms with Crippen LogP contribution in [0.4, 0.5) is 11.4 Å². The van der Waals surface area contributed by atoms with Gasteiger partial charge in [0.05, 0.1) is 11.0 Å². The topological polar surface area (TPSA) is 55.2 Å². The highest BCUT2D eigenvalue weighted by Crippen LogP contribution is 2.36. The van der Waals surface area contributed by atoms with E-state index in [2.05, 4.69) is 39.4 Å². The van der Waals surface area contributed by atoms with E-state index in [0.29, 0.717) is 6.04 Å². The smallest absolute Gasteiger partial charge is 0.270 e. The fourth-order valence-electron chi connectivity index (χ4n) is 2.56. The van der Waals surface area contributed by atoms with E-state index in [-0.39, 0.29) is 10.6 Å². The van der Waals surface area contributed by atoms with E-state index in [4.69, 9.17) is 0 Å². The molecule has 1 aliphatic carbocycles. The van der Waals surface area contributed by atoms with E-state index in [9.17, 15) is 10.1 Å². The average molecular weight is 400 g/mol. The van der Waals surface area contributed by atoms with E-state index >= 15 is 0 Å². The first-order valence-corrected chi connectivity index (χ1v) is 8.38. The van der Waals surface area contributed by atoms with Gasteiger partial charge in [0, 0.05) is 26.3 Å². The summed E-state index contributed by atoms with van der Waals surface area (Å²) in [6.07, 6.45) is 3.47. The van der Waals surface area contributed by atoms with E-state index < -0.39 is 0 Å². The highest BCUT2D eigenvalue weighted by atomic mass is 127. The summed E-state index contributed by atoms with van der Waals surface area (Å²) in [6.45, 7) is 0. The number of fused-ring (bicyclic) bond motifs is 1. The van der Waals surface area contributed by atoms with Crippen LogP contribution >= 0.6 is 33.9 Å². The number of anilines is 1. The second-order valence-corrected chi connectivity index (χ2v) is 6.97. The molecular formula is C14H13IN2O2S. The molecule has 0 aliphatic heterocycles. The zero-order valence-electron chi connectivity index (χ0n) is 10.6. The zero-order valence-corrected chi connectivity index (χ0v) is 13.6. The maximum Gasteiger partial charge on any atom is 0.270 e. The fourth-order valence-corrected chi connectivity index (χ4v) is 4.20. The molecule has 1 heterocycles. The molecule has 3 rings (SSSR count). The van der Waals surface area contributed by atoms with Crippen molar-refractivity contribution in [1.82, 2.24) is 0 Å². The van der Waals surface area contributed by atoms with Crippen LogP contribution in [0.15, 0.2) is 29.6 Å². The Hall–Kier alpha value is -1.15. The standard InChI is InChI=1S/C14H13IN2O2S/c15-11-8-9(17(18)19)4-5-13(11)16-12-2-1-3-14-10(12)6-7-20-14/h4-8,12,16H,1-3H2. The third-order valence-corrected chi connectivity index (χ3v) is 5.43. The van der Waals surface area contributed by atoms with E-state index in [0.717, 1.165) is 15.7 Å². The van der Waals surface area contributed by atoms with Crippen molar-refractivity contribution in [3.63, 3.8) is 0 Å². The molecule has 104 valence electrons. The molecule has 1 aromatic carbocycles. The Kier molecular flexibility index (Phi) is 3.93. The Labute approximate surface area is 134 Å². The van der Waals surface area contributed by atoms with Crippen molar-refractivity contribution in [3.8, 4) is 0 Å². The van der Waals surface area contributed by atoms with Crippen LogP contribution < -0.4 is 5.32 Å². The van der Waals surface area contributed by atoms with E-state index in [1.54, 1.807) is 18.2 Å². The summed E-state index contributed by atoms with van der Waals surface area (Å²) in [5.74, 6) is 0. The Balaban J connectivity index is 1.84. The zero-order chi connectivity index (χ0) is 14.1. The van der Waals surface area contributed by atoms with Crippen LogP contribution in [0, 0.1) is 13.7 Å². The van der Waals surface area contributed by atoms with Crippen molar-refractivity contribution in [1.29, 1.82) is 0 Å². The molecule has 0 radical (unpaired) electrons. The third-order valence-electron chi connectivity index (χ3n) is 3.55. The van der Waals surface area contributed by atoms with Gasteiger partial charge in [0.2, 0.25) is 0 Å². The summed E-state index contributed by atoms with van der Waals surface area (Å²) in [5, 5.41) is 16.4. The fraction of sp³-hybridized carbons (Fsp3) is 0.286. The van der Waals surface area contributed by atoms with Gasteiger partial charge in [-0.3, -0.25) is 10.1 Å². The van der Waals surface area contributed by atoms with Crippen molar-refractivity contribution < 1.29 is 4.92 Å².